The van der Waals surface area contributed by atoms with Gasteiger partial charge in [-0.3, -0.25) is 14.1 Å². The number of anilines is 2. The van der Waals surface area contributed by atoms with Gasteiger partial charge in [-0.1, -0.05) is 24.3 Å². The number of likely N-dealkylation sites (N-methyl/N-ethyl adjacent to an activating group) is 1. The predicted octanol–water partition coefficient (Wildman–Crippen LogP) is 1.39. The molecule has 0 radical (unpaired) electrons. The molecule has 0 fully saturated rings. The third kappa shape index (κ3) is 6.97. The summed E-state index contributed by atoms with van der Waals surface area (Å²) in [6, 6.07) is 11.4. The van der Waals surface area contributed by atoms with Crippen molar-refractivity contribution in [2.24, 2.45) is 0 Å². The lowest BCUT2D eigenvalue weighted by atomic mass is 10.0. The number of nitrogens with one attached hydrogen (secondary N) is 4. The van der Waals surface area contributed by atoms with Crippen molar-refractivity contribution in [3.05, 3.63) is 54.1 Å². The number of benzene rings is 2. The van der Waals surface area contributed by atoms with Crippen molar-refractivity contribution < 1.29 is 27.3 Å². The van der Waals surface area contributed by atoms with E-state index in [9.17, 15) is 18.0 Å². The van der Waals surface area contributed by atoms with Gasteiger partial charge in [-0.25, -0.2) is 4.79 Å². The minimum absolute atomic E-state index is 0.158. The van der Waals surface area contributed by atoms with Crippen molar-refractivity contribution in [3.8, 4) is 5.75 Å². The molecule has 0 aromatic heterocycles. The molecular weight excluding hydrogens is 400 g/mol. The van der Waals surface area contributed by atoms with E-state index in [4.69, 9.17) is 9.29 Å². The highest BCUT2D eigenvalue weighted by Crippen LogP contribution is 2.22. The molecule has 1 atom stereocenters. The molecule has 29 heavy (non-hydrogen) atoms. The maximum Gasteiger partial charge on any atom is 0.357 e. The van der Waals surface area contributed by atoms with Crippen molar-refractivity contribution in [1.29, 1.82) is 0 Å². The third-order valence-electron chi connectivity index (χ3n) is 3.86. The van der Waals surface area contributed by atoms with Gasteiger partial charge in [0.1, 0.15) is 11.8 Å². The molecule has 2 rings (SSSR count). The molecule has 0 heterocycles. The van der Waals surface area contributed by atoms with E-state index in [1.54, 1.807) is 36.4 Å². The van der Waals surface area contributed by atoms with Gasteiger partial charge in [-0.2, -0.15) is 8.42 Å². The van der Waals surface area contributed by atoms with Crippen LogP contribution in [0.25, 0.3) is 0 Å². The first-order chi connectivity index (χ1) is 13.7. The van der Waals surface area contributed by atoms with E-state index in [0.29, 0.717) is 17.0 Å². The summed E-state index contributed by atoms with van der Waals surface area (Å²) >= 11 is 0. The van der Waals surface area contributed by atoms with Crippen LogP contribution in [-0.4, -0.2) is 45.1 Å². The molecule has 2 aromatic rings. The summed E-state index contributed by atoms with van der Waals surface area (Å²) in [7, 11) is -1.44. The molecular formula is C18H22N4O6S. The summed E-state index contributed by atoms with van der Waals surface area (Å²) in [4.78, 5) is 24.5. The standard InChI is InChI=1S/C18H22N4O6S/c1-19-17(23)15(11-12-7-9-13(10-8-12)22-29(25,26)27)21-18(24)20-14-5-3-4-6-16(14)28-2/h3-10,15,22H,11H2,1-2H3,(H,19,23)(H2,20,21,24)(H,25,26,27)/t15-/m0/s1. The van der Waals surface area contributed by atoms with Gasteiger partial charge in [0.15, 0.2) is 0 Å². The molecule has 0 aliphatic heterocycles. The molecule has 11 heteroatoms. The van der Waals surface area contributed by atoms with Gasteiger partial charge in [0.2, 0.25) is 5.91 Å². The highest BCUT2D eigenvalue weighted by Gasteiger charge is 2.21. The Bertz CT molecular complexity index is 963. The molecule has 0 saturated heterocycles. The summed E-state index contributed by atoms with van der Waals surface area (Å²) in [6.07, 6.45) is 0.158. The lowest BCUT2D eigenvalue weighted by molar-refractivity contribution is -0.122. The Morgan fingerprint density at radius 2 is 1.76 bits per heavy atom. The second kappa shape index (κ2) is 9.75. The Balaban J connectivity index is 2.07. The fourth-order valence-electron chi connectivity index (χ4n) is 2.54. The fraction of sp³-hybridized carbons (Fsp3) is 0.222. The number of rotatable bonds is 8. The zero-order valence-corrected chi connectivity index (χ0v) is 16.6. The molecule has 0 unspecified atom stereocenters. The first kappa shape index (κ1) is 22.0. The minimum atomic E-state index is -4.37. The number of amides is 3. The predicted molar refractivity (Wildman–Crippen MR) is 108 cm³/mol. The summed E-state index contributed by atoms with van der Waals surface area (Å²) in [5.41, 5.74) is 1.27. The van der Waals surface area contributed by atoms with Gasteiger partial charge in [-0.15, -0.1) is 0 Å². The van der Waals surface area contributed by atoms with Gasteiger partial charge >= 0.3 is 16.3 Å². The van der Waals surface area contributed by atoms with Gasteiger partial charge in [0.05, 0.1) is 18.5 Å². The van der Waals surface area contributed by atoms with Crippen LogP contribution < -0.4 is 25.4 Å². The third-order valence-corrected chi connectivity index (χ3v) is 4.36. The van der Waals surface area contributed by atoms with Crippen LogP contribution in [0.4, 0.5) is 16.2 Å². The van der Waals surface area contributed by atoms with Crippen LogP contribution in [0.15, 0.2) is 48.5 Å². The highest BCUT2D eigenvalue weighted by atomic mass is 32.2. The van der Waals surface area contributed by atoms with Crippen molar-refractivity contribution >= 4 is 33.6 Å². The maximum absolute atomic E-state index is 12.4. The van der Waals surface area contributed by atoms with Crippen LogP contribution in [0.5, 0.6) is 5.75 Å². The Labute approximate surface area is 168 Å². The minimum Gasteiger partial charge on any atom is -0.495 e. The molecule has 2 aromatic carbocycles. The van der Waals surface area contributed by atoms with E-state index in [2.05, 4.69) is 16.0 Å². The van der Waals surface area contributed by atoms with Crippen LogP contribution in [0, 0.1) is 0 Å². The number of hydrogen-bond donors (Lipinski definition) is 5. The molecule has 0 aliphatic rings. The molecule has 3 amide bonds. The van der Waals surface area contributed by atoms with Crippen molar-refractivity contribution in [2.45, 2.75) is 12.5 Å². The molecule has 5 N–H and O–H groups in total. The first-order valence-corrected chi connectivity index (χ1v) is 9.92. The van der Waals surface area contributed by atoms with Gasteiger partial charge in [0, 0.05) is 13.5 Å². The zero-order valence-electron chi connectivity index (χ0n) is 15.8. The largest absolute Gasteiger partial charge is 0.495 e. The van der Waals surface area contributed by atoms with Crippen LogP contribution >= 0.6 is 0 Å². The summed E-state index contributed by atoms with van der Waals surface area (Å²) in [5, 5.41) is 7.72. The molecule has 0 aliphatic carbocycles. The topological polar surface area (TPSA) is 146 Å². The number of carbonyl (C=O) groups excluding carboxylic acids is 2. The lowest BCUT2D eigenvalue weighted by Crippen LogP contribution is -2.48. The first-order valence-electron chi connectivity index (χ1n) is 8.48. The highest BCUT2D eigenvalue weighted by molar-refractivity contribution is 7.87. The molecule has 10 nitrogen and oxygen atoms in total. The number of methoxy groups -OCH3 is 1. The van der Waals surface area contributed by atoms with Crippen molar-refractivity contribution in [2.75, 3.05) is 24.2 Å². The maximum atomic E-state index is 12.4. The van der Waals surface area contributed by atoms with E-state index in [-0.39, 0.29) is 12.1 Å². The normalized spacial score (nSPS) is 11.8. The van der Waals surface area contributed by atoms with Crippen LogP contribution in [0.2, 0.25) is 0 Å². The Kier molecular flexibility index (Phi) is 7.39. The van der Waals surface area contributed by atoms with E-state index in [0.717, 1.165) is 0 Å². The average Bonchev–Trinajstić information content (AvgIpc) is 2.67. The SMILES string of the molecule is CNC(=O)[C@H](Cc1ccc(NS(=O)(=O)O)cc1)NC(=O)Nc1ccccc1OC. The van der Waals surface area contributed by atoms with E-state index in [1.165, 1.54) is 26.3 Å². The van der Waals surface area contributed by atoms with Gasteiger partial charge < -0.3 is 20.7 Å². The molecule has 0 spiro atoms. The van der Waals surface area contributed by atoms with Crippen LogP contribution in [-0.2, 0) is 21.5 Å². The number of carbonyl (C=O) groups is 2. The molecule has 0 bridgehead atoms. The summed E-state index contributed by atoms with van der Waals surface area (Å²) < 4.78 is 37.6. The molecule has 0 saturated carbocycles. The van der Waals surface area contributed by atoms with E-state index >= 15 is 0 Å². The number of para-hydroxylation sites is 2. The number of hydrogen-bond acceptors (Lipinski definition) is 5. The van der Waals surface area contributed by atoms with Crippen LogP contribution in [0.1, 0.15) is 5.56 Å². The Hall–Kier alpha value is -3.31. The van der Waals surface area contributed by atoms with E-state index < -0.39 is 28.3 Å². The van der Waals surface area contributed by atoms with Crippen LogP contribution in [0.3, 0.4) is 0 Å². The number of urea groups is 1. The molecule has 156 valence electrons. The Morgan fingerprint density at radius 1 is 1.10 bits per heavy atom. The second-order valence-electron chi connectivity index (χ2n) is 5.94. The Morgan fingerprint density at radius 3 is 2.34 bits per heavy atom. The van der Waals surface area contributed by atoms with Crippen molar-refractivity contribution in [3.63, 3.8) is 0 Å². The average molecular weight is 422 g/mol. The van der Waals surface area contributed by atoms with Crippen molar-refractivity contribution in [1.82, 2.24) is 10.6 Å². The van der Waals surface area contributed by atoms with Gasteiger partial charge in [0.25, 0.3) is 0 Å². The van der Waals surface area contributed by atoms with E-state index in [1.807, 2.05) is 4.72 Å². The summed E-state index contributed by atoms with van der Waals surface area (Å²) in [6.45, 7) is 0. The smallest absolute Gasteiger partial charge is 0.357 e. The van der Waals surface area contributed by atoms with Gasteiger partial charge in [-0.05, 0) is 29.8 Å². The quantitative estimate of drug-likeness (QED) is 0.406. The zero-order chi connectivity index (χ0) is 21.4. The number of ether oxygens (including phenoxy) is 1. The monoisotopic (exact) mass is 422 g/mol. The summed E-state index contributed by atoms with van der Waals surface area (Å²) in [5.74, 6) is 0.0707. The second-order valence-corrected chi connectivity index (χ2v) is 7.10. The fourth-order valence-corrected chi connectivity index (χ4v) is 2.98. The lowest BCUT2D eigenvalue weighted by Gasteiger charge is -2.18.